The van der Waals surface area contributed by atoms with Gasteiger partial charge in [-0.25, -0.2) is 0 Å². The van der Waals surface area contributed by atoms with E-state index >= 15 is 0 Å². The van der Waals surface area contributed by atoms with Gasteiger partial charge in [0.15, 0.2) is 0 Å². The molecule has 0 amide bonds. The Morgan fingerprint density at radius 1 is 0.953 bits per heavy atom. The minimum absolute atomic E-state index is 0.0732. The van der Waals surface area contributed by atoms with Crippen LogP contribution in [-0.2, 0) is 10.8 Å². The number of hydrogen-bond acceptors (Lipinski definition) is 3. The molecule has 3 nitrogen and oxygen atoms in total. The number of para-hydroxylation sites is 3. The maximum atomic E-state index is 6.67. The number of fused-ring (bicyclic) bond motifs is 1. The summed E-state index contributed by atoms with van der Waals surface area (Å²) in [5.74, 6) is 1.81. The second-order valence-corrected chi connectivity index (χ2v) is 12.6. The van der Waals surface area contributed by atoms with E-state index in [2.05, 4.69) is 131 Å². The smallest absolute Gasteiger partial charge is 0.133 e. The van der Waals surface area contributed by atoms with Gasteiger partial charge in [-0.2, -0.15) is 0 Å². The predicted octanol–water partition coefficient (Wildman–Crippen LogP) is 10.3. The largest absolute Gasteiger partial charge is 0.457 e. The van der Waals surface area contributed by atoms with Gasteiger partial charge in [-0.3, -0.25) is 0 Å². The first kappa shape index (κ1) is 30.2. The van der Waals surface area contributed by atoms with E-state index in [-0.39, 0.29) is 10.8 Å². The van der Waals surface area contributed by atoms with Gasteiger partial charge in [-0.05, 0) is 84.4 Å². The highest BCUT2D eigenvalue weighted by atomic mass is 16.5. The fraction of sp³-hybridized carbons (Fsp3) is 0.300. The molecule has 3 aromatic carbocycles. The molecule has 3 aromatic rings. The SMILES string of the molecule is C=C(/C=C/C1=C(Oc2ccccc2)C(=C/C=C2/N(C)c3ccccc3C2(C)C)/CCC1)C(C)(C)c1ccccc1NCC. The highest BCUT2D eigenvalue weighted by Crippen LogP contribution is 2.47. The van der Waals surface area contributed by atoms with Crippen molar-refractivity contribution in [3.05, 3.63) is 149 Å². The van der Waals surface area contributed by atoms with Crippen molar-refractivity contribution in [2.45, 2.75) is 64.7 Å². The number of hydrogen-bond donors (Lipinski definition) is 1. The molecular weight excluding hydrogens is 524 g/mol. The third-order valence-electron chi connectivity index (χ3n) is 9.08. The van der Waals surface area contributed by atoms with Crippen molar-refractivity contribution in [1.82, 2.24) is 0 Å². The molecule has 0 aromatic heterocycles. The summed E-state index contributed by atoms with van der Waals surface area (Å²) in [5, 5.41) is 3.52. The molecule has 0 fully saturated rings. The molecule has 43 heavy (non-hydrogen) atoms. The molecule has 1 aliphatic heterocycles. The molecule has 0 saturated heterocycles. The van der Waals surface area contributed by atoms with Crippen molar-refractivity contribution in [3.8, 4) is 5.75 Å². The lowest BCUT2D eigenvalue weighted by atomic mass is 9.77. The lowest BCUT2D eigenvalue weighted by Gasteiger charge is -2.29. The van der Waals surface area contributed by atoms with Gasteiger partial charge in [0.25, 0.3) is 0 Å². The number of nitrogens with zero attached hydrogens (tertiary/aromatic N) is 1. The van der Waals surface area contributed by atoms with Crippen LogP contribution in [0.15, 0.2) is 138 Å². The van der Waals surface area contributed by atoms with Gasteiger partial charge in [-0.15, -0.1) is 0 Å². The Hall–Kier alpha value is -4.24. The summed E-state index contributed by atoms with van der Waals surface area (Å²) >= 11 is 0. The minimum Gasteiger partial charge on any atom is -0.457 e. The van der Waals surface area contributed by atoms with Crippen LogP contribution in [0.1, 0.15) is 65.0 Å². The van der Waals surface area contributed by atoms with Gasteiger partial charge in [0, 0.05) is 41.5 Å². The fourth-order valence-electron chi connectivity index (χ4n) is 6.39. The molecule has 0 unspecified atom stereocenters. The summed E-state index contributed by atoms with van der Waals surface area (Å²) in [5.41, 5.74) is 9.53. The second-order valence-electron chi connectivity index (χ2n) is 12.6. The average molecular weight is 571 g/mol. The number of allylic oxidation sites excluding steroid dienone is 8. The maximum absolute atomic E-state index is 6.67. The van der Waals surface area contributed by atoms with E-state index < -0.39 is 0 Å². The van der Waals surface area contributed by atoms with Crippen molar-refractivity contribution in [3.63, 3.8) is 0 Å². The van der Waals surface area contributed by atoms with E-state index in [1.807, 2.05) is 30.3 Å². The van der Waals surface area contributed by atoms with Crippen molar-refractivity contribution in [2.75, 3.05) is 23.8 Å². The number of ether oxygens (including phenoxy) is 1. The van der Waals surface area contributed by atoms with Crippen LogP contribution >= 0.6 is 0 Å². The lowest BCUT2D eigenvalue weighted by molar-refractivity contribution is 0.415. The third-order valence-corrected chi connectivity index (χ3v) is 9.08. The van der Waals surface area contributed by atoms with Crippen molar-refractivity contribution in [2.24, 2.45) is 0 Å². The molecule has 0 saturated carbocycles. The molecule has 0 bridgehead atoms. The lowest BCUT2D eigenvalue weighted by Crippen LogP contribution is -2.22. The predicted molar refractivity (Wildman–Crippen MR) is 184 cm³/mol. The van der Waals surface area contributed by atoms with E-state index in [0.717, 1.165) is 48.6 Å². The van der Waals surface area contributed by atoms with Gasteiger partial charge in [0.2, 0.25) is 0 Å². The maximum Gasteiger partial charge on any atom is 0.133 e. The number of anilines is 2. The first-order valence-electron chi connectivity index (χ1n) is 15.6. The summed E-state index contributed by atoms with van der Waals surface area (Å²) in [6, 6.07) is 27.4. The summed E-state index contributed by atoms with van der Waals surface area (Å²) < 4.78 is 6.67. The molecule has 3 heteroatoms. The van der Waals surface area contributed by atoms with Crippen LogP contribution in [-0.4, -0.2) is 13.6 Å². The van der Waals surface area contributed by atoms with Crippen LogP contribution in [0.25, 0.3) is 0 Å². The fourth-order valence-corrected chi connectivity index (χ4v) is 6.39. The summed E-state index contributed by atoms with van der Waals surface area (Å²) in [6.45, 7) is 16.7. The first-order valence-corrected chi connectivity index (χ1v) is 15.6. The first-order chi connectivity index (χ1) is 20.6. The van der Waals surface area contributed by atoms with Gasteiger partial charge >= 0.3 is 0 Å². The molecule has 1 N–H and O–H groups in total. The summed E-state index contributed by atoms with van der Waals surface area (Å²) in [7, 11) is 2.17. The van der Waals surface area contributed by atoms with Gasteiger partial charge in [0.1, 0.15) is 11.5 Å². The molecule has 0 radical (unpaired) electrons. The third kappa shape index (κ3) is 6.13. The Labute approximate surface area is 259 Å². The molecular formula is C40H46N2O. The van der Waals surface area contributed by atoms with E-state index in [1.165, 1.54) is 33.7 Å². The molecule has 0 atom stereocenters. The summed E-state index contributed by atoms with van der Waals surface area (Å²) in [6.07, 6.45) is 12.0. The normalized spacial score (nSPS) is 18.4. The molecule has 1 aliphatic carbocycles. The van der Waals surface area contributed by atoms with Crippen LogP contribution in [0.5, 0.6) is 5.75 Å². The molecule has 0 spiro atoms. The topological polar surface area (TPSA) is 24.5 Å². The van der Waals surface area contributed by atoms with Crippen molar-refractivity contribution >= 4 is 11.4 Å². The molecule has 5 rings (SSSR count). The molecule has 222 valence electrons. The van der Waals surface area contributed by atoms with Crippen LogP contribution < -0.4 is 15.0 Å². The highest BCUT2D eigenvalue weighted by Gasteiger charge is 2.37. The Morgan fingerprint density at radius 3 is 2.40 bits per heavy atom. The highest BCUT2D eigenvalue weighted by molar-refractivity contribution is 5.70. The van der Waals surface area contributed by atoms with Crippen LogP contribution in [0.3, 0.4) is 0 Å². The average Bonchev–Trinajstić information content (AvgIpc) is 3.20. The van der Waals surface area contributed by atoms with Gasteiger partial charge in [-0.1, -0.05) is 107 Å². The van der Waals surface area contributed by atoms with Crippen LogP contribution in [0, 0.1) is 0 Å². The Kier molecular flexibility index (Phi) is 8.82. The zero-order valence-corrected chi connectivity index (χ0v) is 26.7. The van der Waals surface area contributed by atoms with Gasteiger partial charge < -0.3 is 15.0 Å². The van der Waals surface area contributed by atoms with Crippen molar-refractivity contribution in [1.29, 1.82) is 0 Å². The zero-order valence-electron chi connectivity index (χ0n) is 26.7. The van der Waals surface area contributed by atoms with E-state index in [1.54, 1.807) is 0 Å². The van der Waals surface area contributed by atoms with E-state index in [9.17, 15) is 0 Å². The minimum atomic E-state index is -0.234. The Balaban J connectivity index is 1.51. The number of nitrogens with one attached hydrogen (secondary N) is 1. The van der Waals surface area contributed by atoms with Crippen LogP contribution in [0.4, 0.5) is 11.4 Å². The van der Waals surface area contributed by atoms with Gasteiger partial charge in [0.05, 0.1) is 0 Å². The quantitative estimate of drug-likeness (QED) is 0.259. The monoisotopic (exact) mass is 570 g/mol. The standard InChI is InChI=1S/C40H46N2O/c1-8-41-35-23-14-12-21-33(35)39(3,4)29(2)25-26-30-17-16-18-31(38(30)43-32-19-10-9-11-20-32)27-28-37-40(5,6)34-22-13-15-24-36(34)42(37)7/h9-15,19-28,41H,2,8,16-18H2,1,3-7H3/b26-25+,31-27+,37-28+. The Bertz CT molecular complexity index is 1600. The van der Waals surface area contributed by atoms with Crippen LogP contribution in [0.2, 0.25) is 0 Å². The number of rotatable bonds is 9. The summed E-state index contributed by atoms with van der Waals surface area (Å²) in [4.78, 5) is 2.33. The van der Waals surface area contributed by atoms with E-state index in [4.69, 9.17) is 4.74 Å². The molecule has 1 heterocycles. The Morgan fingerprint density at radius 2 is 1.65 bits per heavy atom. The number of likely N-dealkylation sites (N-methyl/N-ethyl adjacent to an activating group) is 1. The second kappa shape index (κ2) is 12.6. The molecule has 2 aliphatic rings. The zero-order chi connectivity index (χ0) is 30.6. The van der Waals surface area contributed by atoms with E-state index in [0.29, 0.717) is 0 Å². The number of benzene rings is 3. The van der Waals surface area contributed by atoms with Crippen molar-refractivity contribution < 1.29 is 4.74 Å².